The Balaban J connectivity index is 1.56. The molecule has 4 heterocycles. The van der Waals surface area contributed by atoms with Gasteiger partial charge in [0.25, 0.3) is 0 Å². The first-order chi connectivity index (χ1) is 18.8. The van der Waals surface area contributed by atoms with Crippen LogP contribution in [0.25, 0.3) is 11.0 Å². The number of benzene rings is 1. The third kappa shape index (κ3) is 4.53. The summed E-state index contributed by atoms with van der Waals surface area (Å²) in [5.74, 6) is -1.89. The highest BCUT2D eigenvalue weighted by atomic mass is 32.2. The van der Waals surface area contributed by atoms with Gasteiger partial charge in [-0.2, -0.15) is 0 Å². The summed E-state index contributed by atoms with van der Waals surface area (Å²) in [6.07, 6.45) is 3.59. The van der Waals surface area contributed by atoms with E-state index in [9.17, 15) is 19.5 Å². The van der Waals surface area contributed by atoms with Crippen LogP contribution in [0.4, 0.5) is 0 Å². The van der Waals surface area contributed by atoms with E-state index in [1.165, 1.54) is 0 Å². The summed E-state index contributed by atoms with van der Waals surface area (Å²) in [5.41, 5.74) is 1.51. The monoisotopic (exact) mass is 555 g/mol. The van der Waals surface area contributed by atoms with E-state index < -0.39 is 28.7 Å². The summed E-state index contributed by atoms with van der Waals surface area (Å²) in [5, 5.41) is 18.9. The number of hydrogen-bond acceptors (Lipinski definition) is 8. The molecule has 3 aliphatic heterocycles. The number of thioether (sulfide) groups is 1. The number of para-hydroxylation sites is 1. The lowest BCUT2D eigenvalue weighted by atomic mass is 9.71. The van der Waals surface area contributed by atoms with Crippen LogP contribution in [0.15, 0.2) is 36.9 Å². The van der Waals surface area contributed by atoms with Crippen LogP contribution in [0.3, 0.4) is 0 Å². The van der Waals surface area contributed by atoms with E-state index in [4.69, 9.17) is 4.74 Å². The number of aliphatic hydroxyl groups excluding tert-OH is 1. The number of ether oxygens (including phenoxy) is 1. The van der Waals surface area contributed by atoms with Crippen molar-refractivity contribution in [2.24, 2.45) is 17.8 Å². The van der Waals surface area contributed by atoms with E-state index in [-0.39, 0.29) is 55.4 Å². The number of rotatable bonds is 11. The van der Waals surface area contributed by atoms with E-state index in [0.717, 1.165) is 17.5 Å². The Hall–Kier alpha value is -2.92. The second-order valence-electron chi connectivity index (χ2n) is 11.1. The average Bonchev–Trinajstić information content (AvgIpc) is 3.66. The molecule has 210 valence electrons. The molecule has 0 radical (unpaired) electrons. The van der Waals surface area contributed by atoms with Gasteiger partial charge >= 0.3 is 5.97 Å². The van der Waals surface area contributed by atoms with Gasteiger partial charge < -0.3 is 19.6 Å². The first-order valence-electron chi connectivity index (χ1n) is 13.7. The molecule has 6 atom stereocenters. The minimum atomic E-state index is -0.824. The van der Waals surface area contributed by atoms with Gasteiger partial charge in [0.1, 0.15) is 18.2 Å². The van der Waals surface area contributed by atoms with Gasteiger partial charge in [-0.05, 0) is 44.2 Å². The van der Waals surface area contributed by atoms with Crippen molar-refractivity contribution in [3.05, 3.63) is 36.9 Å². The van der Waals surface area contributed by atoms with Crippen LogP contribution in [0, 0.1) is 17.8 Å². The van der Waals surface area contributed by atoms with Crippen molar-refractivity contribution in [3.8, 4) is 0 Å². The summed E-state index contributed by atoms with van der Waals surface area (Å²) in [6.45, 7) is 10.0. The molecule has 0 saturated carbocycles. The summed E-state index contributed by atoms with van der Waals surface area (Å²) in [7, 11) is 0. The molecule has 1 aromatic heterocycles. The van der Waals surface area contributed by atoms with Crippen LogP contribution in [0.1, 0.15) is 40.0 Å². The van der Waals surface area contributed by atoms with Crippen molar-refractivity contribution in [1.29, 1.82) is 0 Å². The van der Waals surface area contributed by atoms with Crippen LogP contribution in [-0.4, -0.2) is 89.5 Å². The number of nitrogens with zero attached hydrogens (tertiary/aromatic N) is 5. The van der Waals surface area contributed by atoms with Crippen molar-refractivity contribution < 1.29 is 24.2 Å². The zero-order chi connectivity index (χ0) is 27.9. The van der Waals surface area contributed by atoms with E-state index in [0.29, 0.717) is 12.8 Å². The fourth-order valence-electron chi connectivity index (χ4n) is 6.82. The highest BCUT2D eigenvalue weighted by molar-refractivity contribution is 8.02. The lowest BCUT2D eigenvalue weighted by Gasteiger charge is -2.40. The molecule has 5 rings (SSSR count). The molecule has 2 unspecified atom stereocenters. The van der Waals surface area contributed by atoms with Gasteiger partial charge in [0.2, 0.25) is 11.8 Å². The van der Waals surface area contributed by atoms with Crippen molar-refractivity contribution in [2.75, 3.05) is 19.8 Å². The van der Waals surface area contributed by atoms with Crippen LogP contribution in [0.5, 0.6) is 0 Å². The molecule has 1 N–H and O–H groups in total. The third-order valence-corrected chi connectivity index (χ3v) is 10.2. The number of likely N-dealkylation sites (tertiary alicyclic amines) is 1. The largest absolute Gasteiger partial charge is 0.466 e. The molecule has 2 bridgehead atoms. The van der Waals surface area contributed by atoms with Gasteiger partial charge in [-0.3, -0.25) is 14.4 Å². The molecule has 0 aliphatic carbocycles. The normalized spacial score (nSPS) is 28.2. The Morgan fingerprint density at radius 2 is 2.13 bits per heavy atom. The molecular weight excluding hydrogens is 518 g/mol. The first-order valence-corrected chi connectivity index (χ1v) is 14.6. The number of amides is 2. The Bertz CT molecular complexity index is 1270. The lowest BCUT2D eigenvalue weighted by molar-refractivity contribution is -0.154. The van der Waals surface area contributed by atoms with Crippen molar-refractivity contribution in [1.82, 2.24) is 24.8 Å². The molecule has 1 aromatic carbocycles. The number of aliphatic hydroxyl groups is 1. The Morgan fingerprint density at radius 1 is 1.36 bits per heavy atom. The molecular formula is C28H37N5O5S. The summed E-state index contributed by atoms with van der Waals surface area (Å²) in [4.78, 5) is 45.2. The molecule has 10 nitrogen and oxygen atoms in total. The molecule has 39 heavy (non-hydrogen) atoms. The standard InChI is InChI=1S/C28H37N5O5S/c1-5-13-31(16-32-20-10-8-7-9-19(20)29-30-32)26(36)24-28-12-11-21(39-28)22(27(37)38-6-2)23(28)25(35)33(24)18(15-34)14-17(3)4/h5,7-10,17-18,21-24,34H,1,6,11-16H2,2-4H3/t18-,21-,22+,23+,24?,28?/m1/s1. The maximum absolute atomic E-state index is 14.6. The third-order valence-electron chi connectivity index (χ3n) is 8.26. The van der Waals surface area contributed by atoms with Crippen molar-refractivity contribution >= 4 is 40.6 Å². The van der Waals surface area contributed by atoms with Gasteiger partial charge in [0, 0.05) is 11.8 Å². The molecule has 1 spiro atoms. The summed E-state index contributed by atoms with van der Waals surface area (Å²) in [6, 6.07) is 6.17. The van der Waals surface area contributed by atoms with Crippen LogP contribution < -0.4 is 0 Å². The van der Waals surface area contributed by atoms with Crippen LogP contribution in [0.2, 0.25) is 0 Å². The molecule has 11 heteroatoms. The van der Waals surface area contributed by atoms with Gasteiger partial charge in [0.15, 0.2) is 0 Å². The molecule has 3 aliphatic rings. The van der Waals surface area contributed by atoms with Crippen LogP contribution in [-0.2, 0) is 25.8 Å². The maximum atomic E-state index is 14.6. The topological polar surface area (TPSA) is 118 Å². The minimum Gasteiger partial charge on any atom is -0.466 e. The first kappa shape index (κ1) is 27.6. The van der Waals surface area contributed by atoms with Crippen LogP contribution >= 0.6 is 11.8 Å². The van der Waals surface area contributed by atoms with Gasteiger partial charge in [0.05, 0.1) is 41.4 Å². The Morgan fingerprint density at radius 3 is 2.82 bits per heavy atom. The quantitative estimate of drug-likeness (QED) is 0.332. The number of carbonyl (C=O) groups is 3. The fourth-order valence-corrected chi connectivity index (χ4v) is 9.01. The number of carbonyl (C=O) groups excluding carboxylic acids is 3. The van der Waals surface area contributed by atoms with E-state index in [2.05, 4.69) is 16.9 Å². The number of hydrogen-bond donors (Lipinski definition) is 1. The van der Waals surface area contributed by atoms with Gasteiger partial charge in [-0.1, -0.05) is 37.3 Å². The zero-order valence-electron chi connectivity index (χ0n) is 22.7. The number of aromatic nitrogens is 3. The Kier molecular flexibility index (Phi) is 7.74. The highest BCUT2D eigenvalue weighted by Gasteiger charge is 2.74. The smallest absolute Gasteiger partial charge is 0.310 e. The predicted molar refractivity (Wildman–Crippen MR) is 147 cm³/mol. The maximum Gasteiger partial charge on any atom is 0.310 e. The minimum absolute atomic E-state index is 0.0692. The van der Waals surface area contributed by atoms with Crippen molar-refractivity contribution in [3.63, 3.8) is 0 Å². The average molecular weight is 556 g/mol. The van der Waals surface area contributed by atoms with E-state index in [1.54, 1.807) is 39.2 Å². The highest BCUT2D eigenvalue weighted by Crippen LogP contribution is 2.67. The molecule has 3 saturated heterocycles. The van der Waals surface area contributed by atoms with E-state index >= 15 is 0 Å². The van der Waals surface area contributed by atoms with Gasteiger partial charge in [-0.15, -0.1) is 23.4 Å². The SMILES string of the molecule is C=CCN(Cn1nnc2ccccc21)C(=O)C1N([C@@H](CO)CC(C)C)C(=O)[C@@H]2[C@@H](C(=O)OCC)[C@H]3CCC12S3. The number of fused-ring (bicyclic) bond motifs is 2. The predicted octanol–water partition coefficient (Wildman–Crippen LogP) is 2.46. The lowest BCUT2D eigenvalue weighted by Crippen LogP contribution is -2.57. The second kappa shape index (κ2) is 10.9. The number of esters is 1. The Labute approximate surface area is 232 Å². The van der Waals surface area contributed by atoms with Gasteiger partial charge in [-0.25, -0.2) is 4.68 Å². The fraction of sp³-hybridized carbons (Fsp3) is 0.607. The molecule has 2 amide bonds. The second-order valence-corrected chi connectivity index (χ2v) is 12.7. The zero-order valence-corrected chi connectivity index (χ0v) is 23.5. The molecule has 2 aromatic rings. The summed E-state index contributed by atoms with van der Waals surface area (Å²) >= 11 is 1.60. The van der Waals surface area contributed by atoms with Crippen molar-refractivity contribution in [2.45, 2.75) is 68.8 Å². The van der Waals surface area contributed by atoms with E-state index in [1.807, 2.05) is 38.1 Å². The molecule has 3 fully saturated rings. The summed E-state index contributed by atoms with van der Waals surface area (Å²) < 4.78 is 6.32.